The first kappa shape index (κ1) is 22.3. The Hall–Kier alpha value is -2.01. The number of likely N-dealkylation sites (N-methyl/N-ethyl adjacent to an activating group) is 1. The number of benzene rings is 1. The van der Waals surface area contributed by atoms with Gasteiger partial charge < -0.3 is 25.0 Å². The normalized spacial score (nSPS) is 17.0. The van der Waals surface area contributed by atoms with E-state index in [1.807, 2.05) is 48.4 Å². The number of rotatable bonds is 6. The third-order valence-corrected chi connectivity index (χ3v) is 4.48. The zero-order valence-corrected chi connectivity index (χ0v) is 19.1. The second kappa shape index (κ2) is 10.5. The van der Waals surface area contributed by atoms with Crippen molar-refractivity contribution in [2.24, 2.45) is 12.0 Å². The molecular formula is C19H29IN6O2. The SMILES string of the molecule is CN=C(NCC1COc2ccccc2O1)NCC(c1cnn(C)c1)N(C)C.I. The Kier molecular flexibility index (Phi) is 8.36. The van der Waals surface area contributed by atoms with E-state index in [0.717, 1.165) is 23.0 Å². The first-order chi connectivity index (χ1) is 13.1. The molecule has 2 heterocycles. The molecular weight excluding hydrogens is 471 g/mol. The Morgan fingerprint density at radius 1 is 1.32 bits per heavy atom. The van der Waals surface area contributed by atoms with Gasteiger partial charge >= 0.3 is 0 Å². The number of hydrogen-bond donors (Lipinski definition) is 2. The standard InChI is InChI=1S/C19H28N6O2.HI/c1-20-19(22-11-16(24(2)3)14-9-23-25(4)12-14)21-10-15-13-26-17-7-5-6-8-18(17)27-15;/h5-9,12,15-16H,10-11,13H2,1-4H3,(H2,20,21,22);1H. The smallest absolute Gasteiger partial charge is 0.191 e. The lowest BCUT2D eigenvalue weighted by atomic mass is 10.1. The van der Waals surface area contributed by atoms with Crippen LogP contribution >= 0.6 is 24.0 Å². The third-order valence-electron chi connectivity index (χ3n) is 4.48. The van der Waals surface area contributed by atoms with Crippen molar-refractivity contribution in [3.63, 3.8) is 0 Å². The van der Waals surface area contributed by atoms with Crippen LogP contribution in [0.3, 0.4) is 0 Å². The van der Waals surface area contributed by atoms with E-state index in [4.69, 9.17) is 9.47 Å². The van der Waals surface area contributed by atoms with E-state index < -0.39 is 0 Å². The van der Waals surface area contributed by atoms with E-state index in [2.05, 4.69) is 39.7 Å². The Morgan fingerprint density at radius 3 is 2.71 bits per heavy atom. The molecule has 0 radical (unpaired) electrons. The summed E-state index contributed by atoms with van der Waals surface area (Å²) >= 11 is 0. The maximum Gasteiger partial charge on any atom is 0.191 e. The molecule has 1 aromatic carbocycles. The highest BCUT2D eigenvalue weighted by Gasteiger charge is 2.21. The minimum atomic E-state index is -0.0681. The molecule has 2 atom stereocenters. The van der Waals surface area contributed by atoms with Crippen LogP contribution in [0.2, 0.25) is 0 Å². The predicted octanol–water partition coefficient (Wildman–Crippen LogP) is 1.65. The van der Waals surface area contributed by atoms with Gasteiger partial charge in [-0.2, -0.15) is 5.10 Å². The molecule has 1 aliphatic heterocycles. The average molecular weight is 500 g/mol. The van der Waals surface area contributed by atoms with E-state index in [9.17, 15) is 0 Å². The number of guanidine groups is 1. The second-order valence-electron chi connectivity index (χ2n) is 6.76. The largest absolute Gasteiger partial charge is 0.486 e. The number of nitrogens with zero attached hydrogens (tertiary/aromatic N) is 4. The van der Waals surface area contributed by atoms with Gasteiger partial charge in [-0.3, -0.25) is 9.67 Å². The number of aryl methyl sites for hydroxylation is 1. The summed E-state index contributed by atoms with van der Waals surface area (Å²) in [7, 11) is 7.80. The number of aromatic nitrogens is 2. The Morgan fingerprint density at radius 2 is 2.07 bits per heavy atom. The van der Waals surface area contributed by atoms with E-state index in [0.29, 0.717) is 19.7 Å². The number of hydrogen-bond acceptors (Lipinski definition) is 5. The number of para-hydroxylation sites is 2. The van der Waals surface area contributed by atoms with Crippen LogP contribution in [0, 0.1) is 0 Å². The van der Waals surface area contributed by atoms with Gasteiger partial charge in [0.05, 0.1) is 18.8 Å². The molecule has 2 unspecified atom stereocenters. The zero-order chi connectivity index (χ0) is 19.2. The Bertz CT molecular complexity index is 779. The summed E-state index contributed by atoms with van der Waals surface area (Å²) in [6.45, 7) is 1.83. The predicted molar refractivity (Wildman–Crippen MR) is 121 cm³/mol. The third kappa shape index (κ3) is 5.74. The molecule has 0 amide bonds. The summed E-state index contributed by atoms with van der Waals surface area (Å²) in [6.07, 6.45) is 3.86. The van der Waals surface area contributed by atoms with Crippen molar-refractivity contribution >= 4 is 29.9 Å². The van der Waals surface area contributed by atoms with Crippen LogP contribution in [0.25, 0.3) is 0 Å². The highest BCUT2D eigenvalue weighted by molar-refractivity contribution is 14.0. The first-order valence-electron chi connectivity index (χ1n) is 9.04. The number of fused-ring (bicyclic) bond motifs is 1. The van der Waals surface area contributed by atoms with Crippen LogP contribution in [0.4, 0.5) is 0 Å². The molecule has 0 fully saturated rings. The van der Waals surface area contributed by atoms with Gasteiger partial charge in [0.25, 0.3) is 0 Å². The monoisotopic (exact) mass is 500 g/mol. The summed E-state index contributed by atoms with van der Waals surface area (Å²) < 4.78 is 13.5. The maximum absolute atomic E-state index is 5.97. The minimum absolute atomic E-state index is 0. The minimum Gasteiger partial charge on any atom is -0.486 e. The fourth-order valence-electron chi connectivity index (χ4n) is 3.00. The molecule has 2 N–H and O–H groups in total. The first-order valence-corrected chi connectivity index (χ1v) is 9.04. The molecule has 0 spiro atoms. The Balaban J connectivity index is 0.00000280. The summed E-state index contributed by atoms with van der Waals surface area (Å²) in [5.74, 6) is 2.30. The van der Waals surface area contributed by atoms with E-state index in [-0.39, 0.29) is 36.1 Å². The molecule has 28 heavy (non-hydrogen) atoms. The van der Waals surface area contributed by atoms with Gasteiger partial charge in [-0.05, 0) is 26.2 Å². The number of aliphatic imine (C=N–C) groups is 1. The lowest BCUT2D eigenvalue weighted by Crippen LogP contribution is -2.47. The lowest BCUT2D eigenvalue weighted by Gasteiger charge is -2.28. The van der Waals surface area contributed by atoms with E-state index in [1.165, 1.54) is 0 Å². The fourth-order valence-corrected chi connectivity index (χ4v) is 3.00. The molecule has 0 aliphatic carbocycles. The summed E-state index contributed by atoms with van der Waals surface area (Å²) in [5, 5.41) is 11.0. The maximum atomic E-state index is 5.97. The van der Waals surface area contributed by atoms with Crippen molar-refractivity contribution in [3.05, 3.63) is 42.2 Å². The molecule has 8 nitrogen and oxygen atoms in total. The van der Waals surface area contributed by atoms with Crippen molar-refractivity contribution in [1.29, 1.82) is 0 Å². The van der Waals surface area contributed by atoms with Gasteiger partial charge in [-0.15, -0.1) is 24.0 Å². The van der Waals surface area contributed by atoms with Crippen molar-refractivity contribution in [2.75, 3.05) is 40.8 Å². The van der Waals surface area contributed by atoms with Crippen molar-refractivity contribution in [1.82, 2.24) is 25.3 Å². The molecule has 154 valence electrons. The van der Waals surface area contributed by atoms with Crippen LogP contribution in [0.5, 0.6) is 11.5 Å². The van der Waals surface area contributed by atoms with Crippen molar-refractivity contribution in [2.45, 2.75) is 12.1 Å². The van der Waals surface area contributed by atoms with Crippen LogP contribution in [0.15, 0.2) is 41.7 Å². The molecule has 1 aromatic heterocycles. The quantitative estimate of drug-likeness (QED) is 0.357. The van der Waals surface area contributed by atoms with Gasteiger partial charge in [0.15, 0.2) is 17.5 Å². The molecule has 1 aliphatic rings. The van der Waals surface area contributed by atoms with Crippen LogP contribution in [-0.2, 0) is 7.05 Å². The molecule has 9 heteroatoms. The topological polar surface area (TPSA) is 75.9 Å². The number of halogens is 1. The summed E-state index contributed by atoms with van der Waals surface area (Å²) in [5.41, 5.74) is 1.16. The second-order valence-corrected chi connectivity index (χ2v) is 6.76. The molecule has 3 rings (SSSR count). The highest BCUT2D eigenvalue weighted by atomic mass is 127. The van der Waals surface area contributed by atoms with Crippen LogP contribution in [-0.4, -0.2) is 67.6 Å². The van der Waals surface area contributed by atoms with E-state index >= 15 is 0 Å². The zero-order valence-electron chi connectivity index (χ0n) is 16.8. The molecule has 0 bridgehead atoms. The van der Waals surface area contributed by atoms with Crippen molar-refractivity contribution in [3.8, 4) is 11.5 Å². The van der Waals surface area contributed by atoms with Crippen LogP contribution < -0.4 is 20.1 Å². The number of nitrogens with one attached hydrogen (secondary N) is 2. The van der Waals surface area contributed by atoms with Gasteiger partial charge in [0.1, 0.15) is 12.7 Å². The van der Waals surface area contributed by atoms with Gasteiger partial charge in [0, 0.05) is 32.4 Å². The average Bonchev–Trinajstić information content (AvgIpc) is 3.10. The van der Waals surface area contributed by atoms with E-state index in [1.54, 1.807) is 7.05 Å². The van der Waals surface area contributed by atoms with Crippen molar-refractivity contribution < 1.29 is 9.47 Å². The Labute approximate surface area is 183 Å². The highest BCUT2D eigenvalue weighted by Crippen LogP contribution is 2.30. The molecule has 0 saturated carbocycles. The van der Waals surface area contributed by atoms with Gasteiger partial charge in [-0.1, -0.05) is 12.1 Å². The molecule has 2 aromatic rings. The molecule has 0 saturated heterocycles. The van der Waals surface area contributed by atoms with Gasteiger partial charge in [0.2, 0.25) is 0 Å². The number of ether oxygens (including phenoxy) is 2. The summed E-state index contributed by atoms with van der Waals surface area (Å²) in [4.78, 5) is 6.46. The fraction of sp³-hybridized carbons (Fsp3) is 0.474. The summed E-state index contributed by atoms with van der Waals surface area (Å²) in [6, 6.07) is 7.91. The van der Waals surface area contributed by atoms with Crippen LogP contribution in [0.1, 0.15) is 11.6 Å². The lowest BCUT2D eigenvalue weighted by molar-refractivity contribution is 0.0936. The van der Waals surface area contributed by atoms with Gasteiger partial charge in [-0.25, -0.2) is 0 Å².